The Morgan fingerprint density at radius 3 is 2.51 bits per heavy atom. The minimum Gasteiger partial charge on any atom is -0.410 e. The van der Waals surface area contributed by atoms with Crippen LogP contribution in [0.1, 0.15) is 23.4 Å². The standard InChI is InChI=1S/C21H15Cl3F3N5O2S/c1-10-4-12(22)2-3-15(10)28-17(33)9-35-19-31-30-18(34-19)16-8-20(32-29-16,21(25,26)27)11-5-13(23)7-14(24)6-11/h2-7,32H,8-9H2,1H3,(H,28,33). The highest BCUT2D eigenvalue weighted by Crippen LogP contribution is 2.46. The first-order chi connectivity index (χ1) is 16.5. The molecule has 0 radical (unpaired) electrons. The van der Waals surface area contributed by atoms with Crippen molar-refractivity contribution in [2.24, 2.45) is 5.10 Å². The highest BCUT2D eigenvalue weighted by Gasteiger charge is 2.60. The maximum atomic E-state index is 14.2. The van der Waals surface area contributed by atoms with Gasteiger partial charge in [-0.15, -0.1) is 10.2 Å². The van der Waals surface area contributed by atoms with E-state index < -0.39 is 18.1 Å². The molecule has 3 aromatic rings. The molecule has 0 saturated heterocycles. The summed E-state index contributed by atoms with van der Waals surface area (Å²) in [6.45, 7) is 1.80. The molecular weight excluding hydrogens is 550 g/mol. The van der Waals surface area contributed by atoms with E-state index in [2.05, 4.69) is 26.0 Å². The number of aryl methyl sites for hydroxylation is 1. The molecule has 0 bridgehead atoms. The second-order valence-electron chi connectivity index (χ2n) is 7.58. The molecule has 1 unspecified atom stereocenters. The molecule has 7 nitrogen and oxygen atoms in total. The second-order valence-corrected chi connectivity index (χ2v) is 9.81. The van der Waals surface area contributed by atoms with Crippen molar-refractivity contribution in [1.29, 1.82) is 0 Å². The molecule has 2 aromatic carbocycles. The number of amides is 1. The molecule has 2 N–H and O–H groups in total. The van der Waals surface area contributed by atoms with Crippen LogP contribution in [-0.4, -0.2) is 33.7 Å². The van der Waals surface area contributed by atoms with Crippen molar-refractivity contribution in [3.63, 3.8) is 0 Å². The zero-order chi connectivity index (χ0) is 25.4. The molecule has 184 valence electrons. The third kappa shape index (κ3) is 5.53. The van der Waals surface area contributed by atoms with Crippen molar-refractivity contribution in [2.45, 2.75) is 30.3 Å². The molecule has 0 saturated carbocycles. The number of anilines is 1. The van der Waals surface area contributed by atoms with Crippen molar-refractivity contribution < 1.29 is 22.4 Å². The number of hydrogen-bond acceptors (Lipinski definition) is 7. The molecule has 0 fully saturated rings. The lowest BCUT2D eigenvalue weighted by Crippen LogP contribution is -2.49. The number of carbonyl (C=O) groups is 1. The minimum atomic E-state index is -4.75. The predicted molar refractivity (Wildman–Crippen MR) is 128 cm³/mol. The van der Waals surface area contributed by atoms with Gasteiger partial charge < -0.3 is 9.73 Å². The molecule has 4 rings (SSSR count). The first-order valence-electron chi connectivity index (χ1n) is 9.86. The van der Waals surface area contributed by atoms with Gasteiger partial charge in [0.25, 0.3) is 11.1 Å². The highest BCUT2D eigenvalue weighted by atomic mass is 35.5. The van der Waals surface area contributed by atoms with Gasteiger partial charge in [-0.05, 0) is 54.4 Å². The smallest absolute Gasteiger partial charge is 0.410 e. The fraction of sp³-hybridized carbons (Fsp3) is 0.238. The van der Waals surface area contributed by atoms with Crippen LogP contribution in [0.3, 0.4) is 0 Å². The van der Waals surface area contributed by atoms with Gasteiger partial charge in [0.15, 0.2) is 5.54 Å². The molecule has 1 aliphatic heterocycles. The summed E-state index contributed by atoms with van der Waals surface area (Å²) >= 11 is 18.7. The lowest BCUT2D eigenvalue weighted by molar-refractivity contribution is -0.196. The van der Waals surface area contributed by atoms with Crippen molar-refractivity contribution in [1.82, 2.24) is 15.6 Å². The number of rotatable bonds is 6. The summed E-state index contributed by atoms with van der Waals surface area (Å²) in [4.78, 5) is 12.3. The fourth-order valence-electron chi connectivity index (χ4n) is 3.38. The van der Waals surface area contributed by atoms with Crippen LogP contribution >= 0.6 is 46.6 Å². The Labute approximate surface area is 216 Å². The largest absolute Gasteiger partial charge is 0.417 e. The number of nitrogens with zero attached hydrogens (tertiary/aromatic N) is 3. The van der Waals surface area contributed by atoms with E-state index in [0.717, 1.165) is 17.3 Å². The monoisotopic (exact) mass is 563 g/mol. The van der Waals surface area contributed by atoms with Crippen LogP contribution in [0.25, 0.3) is 0 Å². The summed E-state index contributed by atoms with van der Waals surface area (Å²) in [5.74, 6) is -0.607. The van der Waals surface area contributed by atoms with E-state index in [1.165, 1.54) is 18.2 Å². The van der Waals surface area contributed by atoms with E-state index in [9.17, 15) is 18.0 Å². The van der Waals surface area contributed by atoms with Gasteiger partial charge in [0, 0.05) is 27.2 Å². The SMILES string of the molecule is Cc1cc(Cl)ccc1NC(=O)CSc1nnc(C2=NNC(c3cc(Cl)cc(Cl)c3)(C(F)(F)F)C2)o1. The third-order valence-electron chi connectivity index (χ3n) is 5.10. The molecule has 1 amide bonds. The molecule has 14 heteroatoms. The maximum Gasteiger partial charge on any atom is 0.417 e. The number of thioether (sulfide) groups is 1. The van der Waals surface area contributed by atoms with Gasteiger partial charge in [-0.2, -0.15) is 18.3 Å². The molecular formula is C21H15Cl3F3N5O2S. The molecule has 2 heterocycles. The molecule has 1 atom stereocenters. The number of aromatic nitrogens is 2. The average Bonchev–Trinajstić information content (AvgIpc) is 3.41. The Morgan fingerprint density at radius 2 is 1.86 bits per heavy atom. The summed E-state index contributed by atoms with van der Waals surface area (Å²) in [7, 11) is 0. The van der Waals surface area contributed by atoms with Crippen LogP contribution < -0.4 is 10.7 Å². The summed E-state index contributed by atoms with van der Waals surface area (Å²) in [5, 5.41) is 14.8. The zero-order valence-electron chi connectivity index (χ0n) is 17.7. The van der Waals surface area contributed by atoms with Gasteiger partial charge in [-0.1, -0.05) is 46.6 Å². The number of nitrogens with one attached hydrogen (secondary N) is 2. The van der Waals surface area contributed by atoms with E-state index in [4.69, 9.17) is 39.2 Å². The van der Waals surface area contributed by atoms with Crippen LogP contribution in [0, 0.1) is 6.92 Å². The maximum absolute atomic E-state index is 14.2. The Kier molecular flexibility index (Phi) is 7.23. The van der Waals surface area contributed by atoms with Crippen molar-refractivity contribution in [2.75, 3.05) is 11.1 Å². The molecule has 1 aliphatic rings. The molecule has 0 spiro atoms. The van der Waals surface area contributed by atoms with E-state index in [1.54, 1.807) is 25.1 Å². The van der Waals surface area contributed by atoms with Crippen LogP contribution in [-0.2, 0) is 10.3 Å². The summed E-state index contributed by atoms with van der Waals surface area (Å²) in [6, 6.07) is 8.71. The van der Waals surface area contributed by atoms with Crippen molar-refractivity contribution >= 4 is 63.9 Å². The molecule has 0 aliphatic carbocycles. The Balaban J connectivity index is 1.44. The first-order valence-corrected chi connectivity index (χ1v) is 12.0. The highest BCUT2D eigenvalue weighted by molar-refractivity contribution is 7.99. The fourth-order valence-corrected chi connectivity index (χ4v) is 4.69. The van der Waals surface area contributed by atoms with Gasteiger partial charge in [-0.3, -0.25) is 10.2 Å². The van der Waals surface area contributed by atoms with Gasteiger partial charge >= 0.3 is 6.18 Å². The average molecular weight is 565 g/mol. The number of alkyl halides is 3. The van der Waals surface area contributed by atoms with E-state index in [0.29, 0.717) is 10.7 Å². The Morgan fingerprint density at radius 1 is 1.14 bits per heavy atom. The zero-order valence-corrected chi connectivity index (χ0v) is 20.8. The van der Waals surface area contributed by atoms with Crippen LogP contribution in [0.15, 0.2) is 51.1 Å². The van der Waals surface area contributed by atoms with Gasteiger partial charge in [-0.25, -0.2) is 0 Å². The quantitative estimate of drug-likeness (QED) is 0.345. The minimum absolute atomic E-state index is 0.000914. The van der Waals surface area contributed by atoms with Crippen molar-refractivity contribution in [3.8, 4) is 0 Å². The van der Waals surface area contributed by atoms with Gasteiger partial charge in [0.1, 0.15) is 5.71 Å². The summed E-state index contributed by atoms with van der Waals surface area (Å²) in [5.41, 5.74) is 0.674. The van der Waals surface area contributed by atoms with Gasteiger partial charge in [0.2, 0.25) is 5.91 Å². The van der Waals surface area contributed by atoms with Crippen LogP contribution in [0.5, 0.6) is 0 Å². The van der Waals surface area contributed by atoms with Gasteiger partial charge in [0.05, 0.1) is 5.75 Å². The number of hydrazone groups is 1. The summed E-state index contributed by atoms with van der Waals surface area (Å²) < 4.78 is 47.9. The topological polar surface area (TPSA) is 92.4 Å². The van der Waals surface area contributed by atoms with Crippen LogP contribution in [0.4, 0.5) is 18.9 Å². The number of carbonyl (C=O) groups excluding carboxylic acids is 1. The van der Waals surface area contributed by atoms with E-state index >= 15 is 0 Å². The Hall–Kier alpha value is -2.47. The lowest BCUT2D eigenvalue weighted by atomic mass is 9.85. The van der Waals surface area contributed by atoms with E-state index in [1.807, 2.05) is 0 Å². The molecule has 1 aromatic heterocycles. The number of halogens is 6. The second kappa shape index (κ2) is 9.88. The molecule has 35 heavy (non-hydrogen) atoms. The van der Waals surface area contributed by atoms with Crippen LogP contribution in [0.2, 0.25) is 15.1 Å². The predicted octanol–water partition coefficient (Wildman–Crippen LogP) is 6.22. The Bertz CT molecular complexity index is 1300. The normalized spacial score (nSPS) is 17.7. The lowest BCUT2D eigenvalue weighted by Gasteiger charge is -2.31. The van der Waals surface area contributed by atoms with E-state index in [-0.39, 0.29) is 44.1 Å². The van der Waals surface area contributed by atoms with Crippen molar-refractivity contribution in [3.05, 3.63) is 68.5 Å². The number of hydrogen-bond donors (Lipinski definition) is 2. The summed E-state index contributed by atoms with van der Waals surface area (Å²) in [6.07, 6.45) is -5.38. The third-order valence-corrected chi connectivity index (χ3v) is 6.59. The first kappa shape index (κ1) is 25.6. The number of benzene rings is 2.